The van der Waals surface area contributed by atoms with E-state index < -0.39 is 0 Å². The highest BCUT2D eigenvalue weighted by molar-refractivity contribution is 6.30. The minimum atomic E-state index is 0.587. The van der Waals surface area contributed by atoms with Gasteiger partial charge in [-0.25, -0.2) is 0 Å². The molecule has 2 aromatic carbocycles. The predicted octanol–water partition coefficient (Wildman–Crippen LogP) is 6.21. The molecule has 0 saturated heterocycles. The number of aryl methyl sites for hydroxylation is 1. The van der Waals surface area contributed by atoms with Crippen molar-refractivity contribution in [3.63, 3.8) is 0 Å². The van der Waals surface area contributed by atoms with Gasteiger partial charge in [-0.3, -0.25) is 0 Å². The molecule has 0 bridgehead atoms. The molecule has 136 valence electrons. The number of hydrogen-bond donors (Lipinski definition) is 0. The highest BCUT2D eigenvalue weighted by Gasteiger charge is 2.11. The Morgan fingerprint density at radius 1 is 1.15 bits per heavy atom. The van der Waals surface area contributed by atoms with E-state index in [9.17, 15) is 5.26 Å². The first-order valence-electron chi connectivity index (χ1n) is 8.83. The van der Waals surface area contributed by atoms with Crippen molar-refractivity contribution in [2.24, 2.45) is 0 Å². The summed E-state index contributed by atoms with van der Waals surface area (Å²) in [5.74, 6) is 0.858. The molecule has 0 fully saturated rings. The standard InChI is InChI=1S/C23H21ClN2O/c1-4-27-23-10-8-22(9-11-23)26-16(2)12-19(17(26)3)13-20(15-25)18-6-5-7-21(24)14-18/h5-14H,4H2,1-3H3/b20-13-. The maximum absolute atomic E-state index is 9.61. The summed E-state index contributed by atoms with van der Waals surface area (Å²) in [5, 5.41) is 10.2. The lowest BCUT2D eigenvalue weighted by Gasteiger charge is -2.11. The molecule has 3 aromatic rings. The fraction of sp³-hybridized carbons (Fsp3) is 0.174. The van der Waals surface area contributed by atoms with Crippen LogP contribution in [0.5, 0.6) is 5.75 Å². The second-order valence-corrected chi connectivity index (χ2v) is 6.71. The number of rotatable bonds is 5. The average molecular weight is 377 g/mol. The highest BCUT2D eigenvalue weighted by Crippen LogP contribution is 2.27. The molecule has 0 N–H and O–H groups in total. The summed E-state index contributed by atoms with van der Waals surface area (Å²) >= 11 is 6.07. The quantitative estimate of drug-likeness (QED) is 0.496. The second-order valence-electron chi connectivity index (χ2n) is 6.27. The molecular weight excluding hydrogens is 356 g/mol. The third kappa shape index (κ3) is 4.07. The van der Waals surface area contributed by atoms with Gasteiger partial charge in [0.15, 0.2) is 0 Å². The zero-order chi connectivity index (χ0) is 19.4. The molecule has 0 unspecified atom stereocenters. The number of nitriles is 1. The first-order chi connectivity index (χ1) is 13.0. The third-order valence-corrected chi connectivity index (χ3v) is 4.67. The number of aromatic nitrogens is 1. The molecular formula is C23H21ClN2O. The van der Waals surface area contributed by atoms with E-state index in [1.165, 1.54) is 0 Å². The lowest BCUT2D eigenvalue weighted by Crippen LogP contribution is -1.99. The minimum Gasteiger partial charge on any atom is -0.494 e. The lowest BCUT2D eigenvalue weighted by molar-refractivity contribution is 0.340. The SMILES string of the molecule is CCOc1ccc(-n2c(C)cc(/C=C(/C#N)c3cccc(Cl)c3)c2C)cc1. The molecule has 0 aliphatic heterocycles. The molecule has 0 saturated carbocycles. The fourth-order valence-corrected chi connectivity index (χ4v) is 3.37. The maximum atomic E-state index is 9.61. The Hall–Kier alpha value is -2.96. The van der Waals surface area contributed by atoms with Gasteiger partial charge in [0.2, 0.25) is 0 Å². The lowest BCUT2D eigenvalue weighted by atomic mass is 10.0. The van der Waals surface area contributed by atoms with Crippen molar-refractivity contribution in [2.75, 3.05) is 6.61 Å². The van der Waals surface area contributed by atoms with E-state index in [0.717, 1.165) is 34.0 Å². The van der Waals surface area contributed by atoms with Crippen LogP contribution in [0.25, 0.3) is 17.3 Å². The van der Waals surface area contributed by atoms with E-state index in [1.807, 2.05) is 55.5 Å². The summed E-state index contributed by atoms with van der Waals surface area (Å²) in [7, 11) is 0. The van der Waals surface area contributed by atoms with Crippen molar-refractivity contribution in [1.82, 2.24) is 4.57 Å². The van der Waals surface area contributed by atoms with Crippen LogP contribution in [0, 0.1) is 25.2 Å². The van der Waals surface area contributed by atoms with Crippen LogP contribution in [0.2, 0.25) is 5.02 Å². The first kappa shape index (κ1) is 18.8. The smallest absolute Gasteiger partial charge is 0.119 e. The minimum absolute atomic E-state index is 0.587. The molecule has 0 atom stereocenters. The number of hydrogen-bond acceptors (Lipinski definition) is 2. The van der Waals surface area contributed by atoms with Gasteiger partial charge in [-0.2, -0.15) is 5.26 Å². The van der Waals surface area contributed by atoms with E-state index in [-0.39, 0.29) is 0 Å². The monoisotopic (exact) mass is 376 g/mol. The van der Waals surface area contributed by atoms with Crippen LogP contribution in [0.4, 0.5) is 0 Å². The van der Waals surface area contributed by atoms with Crippen molar-refractivity contribution in [3.8, 4) is 17.5 Å². The van der Waals surface area contributed by atoms with E-state index in [1.54, 1.807) is 6.07 Å². The van der Waals surface area contributed by atoms with E-state index in [0.29, 0.717) is 17.2 Å². The average Bonchev–Trinajstić information content (AvgIpc) is 2.94. The summed E-state index contributed by atoms with van der Waals surface area (Å²) in [5.41, 5.74) is 5.66. The van der Waals surface area contributed by atoms with Gasteiger partial charge in [-0.15, -0.1) is 0 Å². The zero-order valence-corrected chi connectivity index (χ0v) is 16.4. The van der Waals surface area contributed by atoms with Crippen LogP contribution in [0.1, 0.15) is 29.4 Å². The molecule has 1 aromatic heterocycles. The normalized spacial score (nSPS) is 11.3. The van der Waals surface area contributed by atoms with Gasteiger partial charge in [0, 0.05) is 22.1 Å². The van der Waals surface area contributed by atoms with Gasteiger partial charge in [0.25, 0.3) is 0 Å². The fourth-order valence-electron chi connectivity index (χ4n) is 3.18. The molecule has 0 amide bonds. The molecule has 27 heavy (non-hydrogen) atoms. The number of halogens is 1. The molecule has 3 rings (SSSR count). The van der Waals surface area contributed by atoms with Crippen LogP contribution in [0.3, 0.4) is 0 Å². The Morgan fingerprint density at radius 2 is 1.89 bits per heavy atom. The largest absolute Gasteiger partial charge is 0.494 e. The van der Waals surface area contributed by atoms with Crippen molar-refractivity contribution >= 4 is 23.3 Å². The maximum Gasteiger partial charge on any atom is 0.119 e. The van der Waals surface area contributed by atoms with E-state index in [4.69, 9.17) is 16.3 Å². The Morgan fingerprint density at radius 3 is 2.52 bits per heavy atom. The zero-order valence-electron chi connectivity index (χ0n) is 15.7. The Balaban J connectivity index is 2.01. The van der Waals surface area contributed by atoms with Gasteiger partial charge >= 0.3 is 0 Å². The van der Waals surface area contributed by atoms with Gasteiger partial charge in [-0.05, 0) is 80.4 Å². The Bertz CT molecular complexity index is 1020. The second kappa shape index (κ2) is 8.16. The van der Waals surface area contributed by atoms with Crippen LogP contribution in [0.15, 0.2) is 54.6 Å². The highest BCUT2D eigenvalue weighted by atomic mass is 35.5. The van der Waals surface area contributed by atoms with E-state index >= 15 is 0 Å². The first-order valence-corrected chi connectivity index (χ1v) is 9.21. The van der Waals surface area contributed by atoms with Crippen molar-refractivity contribution in [1.29, 1.82) is 5.26 Å². The van der Waals surface area contributed by atoms with Crippen molar-refractivity contribution in [2.45, 2.75) is 20.8 Å². The topological polar surface area (TPSA) is 38.0 Å². The number of allylic oxidation sites excluding steroid dienone is 1. The molecule has 0 aliphatic carbocycles. The van der Waals surface area contributed by atoms with Crippen LogP contribution in [-0.2, 0) is 0 Å². The Labute approximate surface area is 165 Å². The molecule has 0 radical (unpaired) electrons. The number of ether oxygens (including phenoxy) is 1. The summed E-state index contributed by atoms with van der Waals surface area (Å²) in [6.07, 6.45) is 1.92. The van der Waals surface area contributed by atoms with Gasteiger partial charge in [-0.1, -0.05) is 23.7 Å². The summed E-state index contributed by atoms with van der Waals surface area (Å²) < 4.78 is 7.70. The Kier molecular flexibility index (Phi) is 5.69. The van der Waals surface area contributed by atoms with Gasteiger partial charge in [0.1, 0.15) is 5.75 Å². The summed E-state index contributed by atoms with van der Waals surface area (Å²) in [6, 6.07) is 19.8. The molecule has 0 spiro atoms. The van der Waals surface area contributed by atoms with Crippen molar-refractivity contribution in [3.05, 3.63) is 82.1 Å². The van der Waals surface area contributed by atoms with Gasteiger partial charge < -0.3 is 9.30 Å². The van der Waals surface area contributed by atoms with E-state index in [2.05, 4.69) is 30.6 Å². The molecule has 3 nitrogen and oxygen atoms in total. The van der Waals surface area contributed by atoms with Crippen molar-refractivity contribution < 1.29 is 4.74 Å². The molecule has 0 aliphatic rings. The van der Waals surface area contributed by atoms with Crippen LogP contribution >= 0.6 is 11.6 Å². The number of benzene rings is 2. The molecule has 1 heterocycles. The van der Waals surface area contributed by atoms with Crippen LogP contribution < -0.4 is 4.74 Å². The predicted molar refractivity (Wildman–Crippen MR) is 111 cm³/mol. The third-order valence-electron chi connectivity index (χ3n) is 4.43. The summed E-state index contributed by atoms with van der Waals surface area (Å²) in [6.45, 7) is 6.74. The molecule has 4 heteroatoms. The van der Waals surface area contributed by atoms with Crippen LogP contribution in [-0.4, -0.2) is 11.2 Å². The van der Waals surface area contributed by atoms with Gasteiger partial charge in [0.05, 0.1) is 18.2 Å². The summed E-state index contributed by atoms with van der Waals surface area (Å²) in [4.78, 5) is 0. The number of nitrogens with zero attached hydrogens (tertiary/aromatic N) is 2.